The third-order valence-electron chi connectivity index (χ3n) is 7.31. The van der Waals surface area contributed by atoms with Gasteiger partial charge in [0.15, 0.2) is 5.65 Å². The average Bonchev–Trinajstić information content (AvgIpc) is 2.93. The number of amides is 1. The summed E-state index contributed by atoms with van der Waals surface area (Å²) in [6, 6.07) is 7.30. The molecule has 0 bridgehead atoms. The van der Waals surface area contributed by atoms with E-state index in [4.69, 9.17) is 21.3 Å². The summed E-state index contributed by atoms with van der Waals surface area (Å²) in [6.07, 6.45) is 0.701. The normalized spacial score (nSPS) is 15.6. The summed E-state index contributed by atoms with van der Waals surface area (Å²) in [5.41, 5.74) is 2.56. The second-order valence-corrected chi connectivity index (χ2v) is 10.8. The van der Waals surface area contributed by atoms with Gasteiger partial charge < -0.3 is 19.6 Å². The number of fused-ring (bicyclic) bond motifs is 1. The van der Waals surface area contributed by atoms with Crippen molar-refractivity contribution < 1.29 is 19.0 Å². The van der Waals surface area contributed by atoms with Crippen molar-refractivity contribution in [2.75, 3.05) is 31.6 Å². The zero-order valence-corrected chi connectivity index (χ0v) is 24.1. The van der Waals surface area contributed by atoms with Gasteiger partial charge in [-0.25, -0.2) is 23.5 Å². The van der Waals surface area contributed by atoms with Crippen LogP contribution in [0.5, 0.6) is 5.75 Å². The van der Waals surface area contributed by atoms with Crippen LogP contribution in [0.3, 0.4) is 0 Å². The van der Waals surface area contributed by atoms with Gasteiger partial charge in [-0.1, -0.05) is 25.4 Å². The maximum Gasteiger partial charge on any atom is 0.407 e. The predicted octanol–water partition coefficient (Wildman–Crippen LogP) is 5.26. The topological polar surface area (TPSA) is 114 Å². The maximum absolute atomic E-state index is 14.0. The fourth-order valence-corrected chi connectivity index (χ4v) is 5.56. The van der Waals surface area contributed by atoms with Crippen molar-refractivity contribution in [3.63, 3.8) is 0 Å². The molecule has 0 aliphatic carbocycles. The van der Waals surface area contributed by atoms with Gasteiger partial charge in [0, 0.05) is 43.5 Å². The molecule has 0 spiro atoms. The molecule has 5 rings (SSSR count). The number of piperazine rings is 1. The lowest BCUT2D eigenvalue weighted by molar-refractivity contribution is 0.136. The van der Waals surface area contributed by atoms with Crippen LogP contribution in [0, 0.1) is 12.7 Å². The number of halogens is 2. The minimum absolute atomic E-state index is 0.0143. The van der Waals surface area contributed by atoms with E-state index in [0.717, 1.165) is 5.56 Å². The number of rotatable bonds is 5. The number of carbonyl (C=O) groups is 1. The molecule has 214 valence electrons. The smallest absolute Gasteiger partial charge is 0.407 e. The number of nitrogens with zero attached hydrogens (tertiary/aromatic N) is 6. The summed E-state index contributed by atoms with van der Waals surface area (Å²) in [4.78, 5) is 42.8. The van der Waals surface area contributed by atoms with Gasteiger partial charge in [-0.3, -0.25) is 4.98 Å². The number of hydrogen-bond donors (Lipinski definition) is 1. The minimum Gasteiger partial charge on any atom is -0.496 e. The van der Waals surface area contributed by atoms with E-state index in [-0.39, 0.29) is 41.5 Å². The second-order valence-electron chi connectivity index (χ2n) is 10.4. The molecule has 10 nitrogen and oxygen atoms in total. The maximum atomic E-state index is 14.0. The Morgan fingerprint density at radius 2 is 1.95 bits per heavy atom. The minimum atomic E-state index is -0.999. The van der Waals surface area contributed by atoms with Crippen LogP contribution in [0.25, 0.3) is 28.0 Å². The van der Waals surface area contributed by atoms with Crippen LogP contribution in [0.2, 0.25) is 5.02 Å². The zero-order valence-electron chi connectivity index (χ0n) is 23.4. The predicted molar refractivity (Wildman–Crippen MR) is 155 cm³/mol. The van der Waals surface area contributed by atoms with Gasteiger partial charge in [0.05, 0.1) is 34.6 Å². The summed E-state index contributed by atoms with van der Waals surface area (Å²) in [5.74, 6) is 0.104. The van der Waals surface area contributed by atoms with Crippen molar-refractivity contribution in [1.29, 1.82) is 0 Å². The number of carboxylic acid groups (broad SMARTS) is 1. The molecule has 0 radical (unpaired) electrons. The molecule has 0 saturated carbocycles. The van der Waals surface area contributed by atoms with Gasteiger partial charge in [-0.15, -0.1) is 0 Å². The van der Waals surface area contributed by atoms with Crippen molar-refractivity contribution >= 4 is 34.5 Å². The first-order chi connectivity index (χ1) is 19.5. The first-order valence-electron chi connectivity index (χ1n) is 13.2. The molecule has 4 aromatic rings. The number of methoxy groups -OCH3 is 1. The number of aromatic nitrogens is 4. The average molecular weight is 581 g/mol. The van der Waals surface area contributed by atoms with Crippen LogP contribution < -0.4 is 15.3 Å². The highest BCUT2D eigenvalue weighted by Crippen LogP contribution is 2.38. The van der Waals surface area contributed by atoms with E-state index in [9.17, 15) is 19.1 Å². The van der Waals surface area contributed by atoms with E-state index in [1.54, 1.807) is 12.3 Å². The van der Waals surface area contributed by atoms with Gasteiger partial charge in [-0.05, 0) is 49.6 Å². The van der Waals surface area contributed by atoms with Crippen molar-refractivity contribution in [3.8, 4) is 22.7 Å². The quantitative estimate of drug-likeness (QED) is 0.340. The Labute approximate surface area is 241 Å². The molecule has 1 N–H and O–H groups in total. The van der Waals surface area contributed by atoms with E-state index in [0.29, 0.717) is 40.4 Å². The van der Waals surface area contributed by atoms with E-state index in [1.807, 2.05) is 38.7 Å². The first kappa shape index (κ1) is 28.3. The number of pyridine rings is 2. The Balaban J connectivity index is 1.84. The highest BCUT2D eigenvalue weighted by molar-refractivity contribution is 6.34. The third kappa shape index (κ3) is 5.06. The highest BCUT2D eigenvalue weighted by atomic mass is 35.5. The molecule has 1 aromatic carbocycles. The van der Waals surface area contributed by atoms with E-state index in [1.165, 1.54) is 34.8 Å². The Hall–Kier alpha value is -4.25. The largest absolute Gasteiger partial charge is 0.496 e. The number of benzene rings is 1. The van der Waals surface area contributed by atoms with Crippen molar-refractivity contribution in [2.45, 2.75) is 39.7 Å². The molecule has 4 heterocycles. The molecule has 1 aliphatic rings. The van der Waals surface area contributed by atoms with Gasteiger partial charge >= 0.3 is 11.8 Å². The third-order valence-corrected chi connectivity index (χ3v) is 7.60. The van der Waals surface area contributed by atoms with Crippen molar-refractivity contribution in [3.05, 3.63) is 69.1 Å². The summed E-state index contributed by atoms with van der Waals surface area (Å²) >= 11 is 6.83. The molecular weight excluding hydrogens is 551 g/mol. The lowest BCUT2D eigenvalue weighted by Crippen LogP contribution is -2.54. The summed E-state index contributed by atoms with van der Waals surface area (Å²) < 4.78 is 20.9. The molecule has 41 heavy (non-hydrogen) atoms. The number of anilines is 1. The molecule has 3 aromatic heterocycles. The fourth-order valence-electron chi connectivity index (χ4n) is 5.31. The zero-order chi connectivity index (χ0) is 29.6. The standard InChI is InChI=1S/C29H30ClFN6O4/c1-15(2)23-25(16(3)8-9-32-23)37-27-20(13-21(30)24(33-27)19-7-6-18(31)12-22(19)41-5)26(34-28(37)38)36-11-10-35(29(39)40)14-17(36)4/h6-9,12-13,15,17H,10-11,14H2,1-5H3,(H,39,40)/t17-/m0/s1. The summed E-state index contributed by atoms with van der Waals surface area (Å²) in [5, 5.41) is 10.3. The second kappa shape index (κ2) is 11.0. The van der Waals surface area contributed by atoms with E-state index < -0.39 is 17.6 Å². The molecule has 1 saturated heterocycles. The van der Waals surface area contributed by atoms with Gasteiger partial charge in [0.25, 0.3) is 0 Å². The molecule has 0 unspecified atom stereocenters. The van der Waals surface area contributed by atoms with Crippen molar-refractivity contribution in [1.82, 2.24) is 24.4 Å². The van der Waals surface area contributed by atoms with Gasteiger partial charge in [0.2, 0.25) is 0 Å². The van der Waals surface area contributed by atoms with Gasteiger partial charge in [-0.2, -0.15) is 4.98 Å². The first-order valence-corrected chi connectivity index (χ1v) is 13.6. The lowest BCUT2D eigenvalue weighted by Gasteiger charge is -2.39. The van der Waals surface area contributed by atoms with Crippen LogP contribution in [-0.4, -0.2) is 68.4 Å². The highest BCUT2D eigenvalue weighted by Gasteiger charge is 2.31. The molecule has 1 aliphatic heterocycles. The number of hydrogen-bond acceptors (Lipinski definition) is 7. The number of ether oxygens (including phenoxy) is 1. The molecule has 1 fully saturated rings. The molecular formula is C29H30ClFN6O4. The lowest BCUT2D eigenvalue weighted by atomic mass is 10.0. The Morgan fingerprint density at radius 1 is 1.20 bits per heavy atom. The Bertz CT molecular complexity index is 1730. The van der Waals surface area contributed by atoms with Crippen molar-refractivity contribution in [2.24, 2.45) is 0 Å². The summed E-state index contributed by atoms with van der Waals surface area (Å²) in [6.45, 7) is 8.56. The van der Waals surface area contributed by atoms with Crippen LogP contribution >= 0.6 is 11.6 Å². The molecule has 1 amide bonds. The monoisotopic (exact) mass is 580 g/mol. The van der Waals surface area contributed by atoms with Crippen LogP contribution in [0.15, 0.2) is 41.3 Å². The Morgan fingerprint density at radius 3 is 2.61 bits per heavy atom. The van der Waals surface area contributed by atoms with Crippen LogP contribution in [0.4, 0.5) is 15.0 Å². The van der Waals surface area contributed by atoms with Gasteiger partial charge in [0.1, 0.15) is 17.4 Å². The summed E-state index contributed by atoms with van der Waals surface area (Å²) in [7, 11) is 1.43. The van der Waals surface area contributed by atoms with E-state index in [2.05, 4.69) is 9.97 Å². The fraction of sp³-hybridized carbons (Fsp3) is 0.345. The van der Waals surface area contributed by atoms with Crippen LogP contribution in [-0.2, 0) is 0 Å². The SMILES string of the molecule is COc1cc(F)ccc1-c1nc2c(cc1Cl)c(N1CCN(C(=O)O)C[C@@H]1C)nc(=O)n2-c1c(C)ccnc1C(C)C. The Kier molecular flexibility index (Phi) is 7.56. The molecule has 1 atom stereocenters. The number of aryl methyl sites for hydroxylation is 1. The van der Waals surface area contributed by atoms with Crippen LogP contribution in [0.1, 0.15) is 37.9 Å². The van der Waals surface area contributed by atoms with E-state index >= 15 is 0 Å². The molecule has 12 heteroatoms.